The average Bonchev–Trinajstić information content (AvgIpc) is 1.63. The van der Waals surface area contributed by atoms with E-state index in [1.165, 1.54) is 0 Å². The molecule has 0 aliphatic carbocycles. The van der Waals surface area contributed by atoms with E-state index in [-0.39, 0.29) is 76.0 Å². The summed E-state index contributed by atoms with van der Waals surface area (Å²) < 4.78 is 0. The Balaban J connectivity index is 1.39. The Morgan fingerprint density at radius 3 is 1.47 bits per heavy atom. The van der Waals surface area contributed by atoms with Crippen molar-refractivity contribution < 1.29 is 72.2 Å². The van der Waals surface area contributed by atoms with Crippen LogP contribution in [0.3, 0.4) is 0 Å². The number of carbonyl (C=O) groups is 14. The van der Waals surface area contributed by atoms with Crippen LogP contribution in [-0.4, -0.2) is 214 Å². The van der Waals surface area contributed by atoms with Crippen LogP contribution in [0.1, 0.15) is 103 Å². The molecule has 5 aromatic rings. The lowest BCUT2D eigenvalue weighted by molar-refractivity contribution is -0.137. The first-order chi connectivity index (χ1) is 53.3. The van der Waals surface area contributed by atoms with Crippen LogP contribution in [0.4, 0.5) is 0 Å². The number of H-pyrrole nitrogens is 2. The number of rotatable bonds is 22. The predicted octanol–water partition coefficient (Wildman–Crippen LogP) is -3.05. The van der Waals surface area contributed by atoms with E-state index in [9.17, 15) is 67.4 Å². The van der Waals surface area contributed by atoms with Gasteiger partial charge in [-0.05, 0) is 85.2 Å². The fourth-order valence-electron chi connectivity index (χ4n) is 12.1. The third kappa shape index (κ3) is 27.9. The maximum Gasteiger partial charge on any atom is 0.245 e. The van der Waals surface area contributed by atoms with E-state index in [0.29, 0.717) is 44.9 Å². The number of aromatic amines is 2. The SMILES string of the molecule is CC[C@H](C)[C@@H]1NC(=O)[C@@H](Cc2ccccc2)NC(=O)[C@@H](N)CSSC[C@@H](C(N)=O)NC(=O)[C@H](C(C)C)NC(=O)[C@H](Cc2c[nH]c3ccccc23)NC(=O)[C@H](CCCCN)NC(=O)[C@H](C(C)C)NC(=O)[C@H](Cc2c[nH]c3ccccc23)NC(=O)[C@H](CC(N)=O)NC(=O)[C@H](CCCNC(=N)N)NC(=O)CNC(=O)[C@H](CO)NC1=O. The maximum absolute atomic E-state index is 15.1. The molecule has 1 saturated heterocycles. The minimum Gasteiger partial charge on any atom is -0.394 e. The Hall–Kier alpha value is -10.8. The lowest BCUT2D eigenvalue weighted by atomic mass is 9.96. The van der Waals surface area contributed by atoms with Crippen LogP contribution in [-0.2, 0) is 86.4 Å². The molecule has 3 aromatic carbocycles. The molecule has 6 rings (SSSR count). The van der Waals surface area contributed by atoms with Crippen LogP contribution in [0.25, 0.3) is 21.8 Å². The second-order valence-corrected chi connectivity index (χ2v) is 30.7. The van der Waals surface area contributed by atoms with E-state index in [1.807, 2.05) is 0 Å². The fraction of sp³-hybridized carbons (Fsp3) is 0.500. The molecule has 112 heavy (non-hydrogen) atoms. The standard InChI is InChI=1S/C74H107N21O15S2/c1-7-40(6)61-73(110)91-55(35-96)64(101)84-34-58(98)85-49(25-17-27-81-74(79)80)65(102)90-54(31-57(77)97)67(104)89-53(30-43-33-83-48-23-14-12-21-45(43)48)70(107)93-59(38(2)3)71(108)86-50(24-15-16-26-75)66(103)88-52(29-42-32-82-47-22-13-11-20-44(42)47)69(106)94-60(39(4)5)72(109)92-56(62(78)99)37-112-111-36-46(76)63(100)87-51(68(105)95-61)28-41-18-9-8-10-19-41/h8-14,18-23,32-33,38-40,46,49-56,59-61,82-83,96H,7,15-17,24-31,34-37,75-76H2,1-6H3,(H2,77,97)(H2,78,99)(H,84,101)(H,85,98)(H,86,108)(H,87,100)(H,88,103)(H,89,104)(H,90,102)(H,91,110)(H,92,109)(H,93,107)(H,94,106)(H,95,105)(H4,79,80,81)/t40-,46-,49-,50-,51+,52-,53-,54-,55-,56-,59-,60-,61-/m0/s1. The molecule has 0 radical (unpaired) electrons. The van der Waals surface area contributed by atoms with Crippen molar-refractivity contribution in [2.75, 3.05) is 37.7 Å². The van der Waals surface area contributed by atoms with Crippen LogP contribution in [0.2, 0.25) is 0 Å². The Morgan fingerprint density at radius 2 is 0.955 bits per heavy atom. The predicted molar refractivity (Wildman–Crippen MR) is 423 cm³/mol. The van der Waals surface area contributed by atoms with Crippen molar-refractivity contribution in [3.05, 3.63) is 108 Å². The number of hydrogen-bond donors (Lipinski definition) is 22. The highest BCUT2D eigenvalue weighted by molar-refractivity contribution is 8.76. The minimum absolute atomic E-state index is 0.0148. The van der Waals surface area contributed by atoms with Crippen LogP contribution in [0, 0.1) is 23.2 Å². The number of aliphatic hydroxyl groups excluding tert-OH is 1. The number of benzene rings is 3. The molecule has 0 unspecified atom stereocenters. The summed E-state index contributed by atoms with van der Waals surface area (Å²) in [5.41, 5.74) is 32.4. The van der Waals surface area contributed by atoms with E-state index in [2.05, 4.69) is 79.1 Å². The highest BCUT2D eigenvalue weighted by Crippen LogP contribution is 2.25. The molecule has 1 aliphatic heterocycles. The van der Waals surface area contributed by atoms with Gasteiger partial charge in [0.2, 0.25) is 82.7 Å². The molecule has 36 nitrogen and oxygen atoms in total. The molecule has 14 amide bonds. The molecule has 38 heteroatoms. The lowest BCUT2D eigenvalue weighted by Crippen LogP contribution is -2.62. The Kier molecular flexibility index (Phi) is 36.1. The number of unbranched alkanes of at least 4 members (excludes halogenated alkanes) is 1. The van der Waals surface area contributed by atoms with Crippen LogP contribution < -0.4 is 97.8 Å². The van der Waals surface area contributed by atoms with E-state index >= 15 is 4.79 Å². The van der Waals surface area contributed by atoms with Gasteiger partial charge in [-0.2, -0.15) is 0 Å². The second-order valence-electron chi connectivity index (χ2n) is 28.1. The van der Waals surface area contributed by atoms with Gasteiger partial charge in [0, 0.05) is 71.5 Å². The molecule has 610 valence electrons. The minimum atomic E-state index is -1.87. The quantitative estimate of drug-likeness (QED) is 0.0142. The van der Waals surface area contributed by atoms with Gasteiger partial charge >= 0.3 is 0 Å². The van der Waals surface area contributed by atoms with Gasteiger partial charge in [-0.15, -0.1) is 0 Å². The number of guanidine groups is 1. The first kappa shape index (κ1) is 90.1. The largest absolute Gasteiger partial charge is 0.394 e. The summed E-state index contributed by atoms with van der Waals surface area (Å²) in [6.07, 6.45) is 2.48. The summed E-state index contributed by atoms with van der Waals surface area (Å²) in [4.78, 5) is 206. The lowest BCUT2D eigenvalue weighted by Gasteiger charge is -2.29. The highest BCUT2D eigenvalue weighted by Gasteiger charge is 2.39. The van der Waals surface area contributed by atoms with E-state index < -0.39 is 198 Å². The first-order valence-corrected chi connectivity index (χ1v) is 39.5. The topological polar surface area (TPSA) is 601 Å². The smallest absolute Gasteiger partial charge is 0.245 e. The van der Waals surface area contributed by atoms with E-state index in [1.54, 1.807) is 133 Å². The van der Waals surface area contributed by atoms with Crippen molar-refractivity contribution >= 4 is 132 Å². The molecule has 0 spiro atoms. The fourth-order valence-corrected chi connectivity index (χ4v) is 14.4. The molecule has 13 atom stereocenters. The molecule has 0 bridgehead atoms. The highest BCUT2D eigenvalue weighted by atomic mass is 33.1. The van der Waals surface area contributed by atoms with Gasteiger partial charge in [0.05, 0.1) is 25.6 Å². The molecule has 1 fully saturated rings. The van der Waals surface area contributed by atoms with Crippen molar-refractivity contribution in [3.63, 3.8) is 0 Å². The molecule has 1 aliphatic rings. The number of nitrogens with two attached hydrogens (primary N) is 5. The van der Waals surface area contributed by atoms with E-state index in [4.69, 9.17) is 34.1 Å². The molecule has 27 N–H and O–H groups in total. The number of carbonyl (C=O) groups excluding carboxylic acids is 14. The number of primary amides is 2. The number of fused-ring (bicyclic) bond motifs is 2. The normalized spacial score (nSPS) is 24.0. The Morgan fingerprint density at radius 1 is 0.509 bits per heavy atom. The molecule has 2 aromatic heterocycles. The molecular weight excluding hydrogens is 1490 g/mol. The van der Waals surface area contributed by atoms with Gasteiger partial charge < -0.3 is 113 Å². The third-order valence-electron chi connectivity index (χ3n) is 18.7. The average molecular weight is 1590 g/mol. The summed E-state index contributed by atoms with van der Waals surface area (Å²) in [7, 11) is 2.05. The van der Waals surface area contributed by atoms with Crippen molar-refractivity contribution in [1.82, 2.24) is 79.1 Å². The van der Waals surface area contributed by atoms with Crippen molar-refractivity contribution in [1.29, 1.82) is 5.41 Å². The summed E-state index contributed by atoms with van der Waals surface area (Å²) in [5, 5.41) is 53.3. The van der Waals surface area contributed by atoms with Gasteiger partial charge in [0.1, 0.15) is 66.5 Å². The zero-order valence-electron chi connectivity index (χ0n) is 63.5. The number of para-hydroxylation sites is 2. The molecule has 3 heterocycles. The number of aromatic nitrogens is 2. The zero-order chi connectivity index (χ0) is 82.3. The van der Waals surface area contributed by atoms with Gasteiger partial charge in [-0.3, -0.25) is 72.5 Å². The third-order valence-corrected chi connectivity index (χ3v) is 21.2. The first-order valence-electron chi connectivity index (χ1n) is 37.0. The Bertz CT molecular complexity index is 4110. The molecule has 0 saturated carbocycles. The number of hydrogen-bond acceptors (Lipinski definition) is 20. The van der Waals surface area contributed by atoms with Crippen molar-refractivity contribution in [3.8, 4) is 0 Å². The number of aliphatic hydroxyl groups is 1. The number of amides is 14. The summed E-state index contributed by atoms with van der Waals surface area (Å²) in [6, 6.07) is 4.75. The van der Waals surface area contributed by atoms with Crippen LogP contribution in [0.5, 0.6) is 0 Å². The second kappa shape index (κ2) is 44.9. The van der Waals surface area contributed by atoms with Crippen LogP contribution >= 0.6 is 21.6 Å². The van der Waals surface area contributed by atoms with Gasteiger partial charge in [-0.1, -0.05) is 136 Å². The van der Waals surface area contributed by atoms with Crippen molar-refractivity contribution in [2.45, 2.75) is 178 Å². The van der Waals surface area contributed by atoms with Gasteiger partial charge in [0.25, 0.3) is 0 Å². The van der Waals surface area contributed by atoms with Crippen molar-refractivity contribution in [2.24, 2.45) is 46.4 Å². The molecular formula is C74H107N21O15S2. The Labute approximate surface area is 656 Å². The summed E-state index contributed by atoms with van der Waals surface area (Å²) in [5.74, 6) is -16.2. The zero-order valence-corrected chi connectivity index (χ0v) is 65.1. The van der Waals surface area contributed by atoms with Gasteiger partial charge in [-0.25, -0.2) is 0 Å². The van der Waals surface area contributed by atoms with E-state index in [0.717, 1.165) is 21.6 Å². The summed E-state index contributed by atoms with van der Waals surface area (Å²) >= 11 is 0. The maximum atomic E-state index is 15.1. The number of nitrogens with one attached hydrogen (secondary N) is 16. The summed E-state index contributed by atoms with van der Waals surface area (Å²) in [6.45, 7) is 8.07. The van der Waals surface area contributed by atoms with Gasteiger partial charge in [0.15, 0.2) is 5.96 Å². The van der Waals surface area contributed by atoms with Crippen LogP contribution in [0.15, 0.2) is 91.3 Å². The monoisotopic (exact) mass is 1590 g/mol.